The molecule has 4 nitrogen and oxygen atoms in total. The lowest BCUT2D eigenvalue weighted by Gasteiger charge is -2.14. The predicted molar refractivity (Wildman–Crippen MR) is 111 cm³/mol. The van der Waals surface area contributed by atoms with Gasteiger partial charge in [0.25, 0.3) is 5.91 Å². The normalized spacial score (nSPS) is 12.2. The van der Waals surface area contributed by atoms with Crippen LogP contribution in [0.15, 0.2) is 56.9 Å². The van der Waals surface area contributed by atoms with Crippen molar-refractivity contribution in [2.75, 3.05) is 19.0 Å². The van der Waals surface area contributed by atoms with Gasteiger partial charge in [-0.05, 0) is 64.8 Å². The first-order chi connectivity index (χ1) is 11.9. The van der Waals surface area contributed by atoms with Crippen LogP contribution in [0.4, 0.5) is 5.69 Å². The van der Waals surface area contributed by atoms with E-state index < -0.39 is 0 Å². The van der Waals surface area contributed by atoms with E-state index in [-0.39, 0.29) is 11.2 Å². The highest BCUT2D eigenvalue weighted by molar-refractivity contribution is 9.10. The van der Waals surface area contributed by atoms with E-state index in [1.165, 1.54) is 11.8 Å². The molecule has 0 saturated heterocycles. The number of carbonyl (C=O) groups excluding carboxylic acids is 1. The molecular formula is C18H19BrClN3OS. The number of nitrogens with zero attached hydrogens (tertiary/aromatic N) is 2. The minimum atomic E-state index is -0.263. The highest BCUT2D eigenvalue weighted by Crippen LogP contribution is 2.26. The lowest BCUT2D eigenvalue weighted by atomic mass is 10.2. The van der Waals surface area contributed by atoms with Gasteiger partial charge in [-0.2, -0.15) is 5.10 Å². The third-order valence-electron chi connectivity index (χ3n) is 3.34. The van der Waals surface area contributed by atoms with Gasteiger partial charge in [0, 0.05) is 28.5 Å². The van der Waals surface area contributed by atoms with Gasteiger partial charge in [0.15, 0.2) is 0 Å². The second-order valence-corrected chi connectivity index (χ2v) is 8.26. The molecule has 2 rings (SSSR count). The Labute approximate surface area is 165 Å². The van der Waals surface area contributed by atoms with Gasteiger partial charge < -0.3 is 4.90 Å². The Morgan fingerprint density at radius 1 is 1.28 bits per heavy atom. The average molecular weight is 441 g/mol. The molecule has 7 heteroatoms. The van der Waals surface area contributed by atoms with Crippen molar-refractivity contribution in [3.63, 3.8) is 0 Å². The molecule has 0 aliphatic rings. The molecule has 1 N–H and O–H groups in total. The standard InChI is InChI=1S/C18H19BrClN3OS/c1-12(25-15-7-5-14(20)6-8-15)18(24)22-21-11-13-4-9-17(23(2)3)16(19)10-13/h4-12H,1-3H3,(H,22,24)/b21-11+. The molecule has 0 fully saturated rings. The van der Waals surface area contributed by atoms with Gasteiger partial charge in [0.05, 0.1) is 17.2 Å². The molecule has 1 amide bonds. The van der Waals surface area contributed by atoms with Crippen LogP contribution >= 0.6 is 39.3 Å². The van der Waals surface area contributed by atoms with Gasteiger partial charge >= 0.3 is 0 Å². The van der Waals surface area contributed by atoms with E-state index in [2.05, 4.69) is 26.5 Å². The quantitative estimate of drug-likeness (QED) is 0.399. The van der Waals surface area contributed by atoms with Crippen molar-refractivity contribution in [2.24, 2.45) is 5.10 Å². The number of hydrogen-bond acceptors (Lipinski definition) is 4. The summed E-state index contributed by atoms with van der Waals surface area (Å²) in [5.41, 5.74) is 4.55. The van der Waals surface area contributed by atoms with Crippen molar-refractivity contribution in [2.45, 2.75) is 17.1 Å². The summed E-state index contributed by atoms with van der Waals surface area (Å²) in [6.45, 7) is 1.84. The van der Waals surface area contributed by atoms with E-state index in [9.17, 15) is 4.79 Å². The Bertz CT molecular complexity index is 765. The highest BCUT2D eigenvalue weighted by Gasteiger charge is 2.13. The fourth-order valence-corrected chi connectivity index (χ4v) is 3.74. The number of rotatable bonds is 6. The number of carbonyl (C=O) groups is 1. The van der Waals surface area contributed by atoms with Gasteiger partial charge in [-0.25, -0.2) is 5.43 Å². The molecule has 0 bridgehead atoms. The zero-order valence-electron chi connectivity index (χ0n) is 14.2. The monoisotopic (exact) mass is 439 g/mol. The van der Waals surface area contributed by atoms with Gasteiger partial charge in [0.2, 0.25) is 0 Å². The van der Waals surface area contributed by atoms with E-state index in [0.29, 0.717) is 5.02 Å². The SMILES string of the molecule is CC(Sc1ccc(Cl)cc1)C(=O)N/N=C/c1ccc(N(C)C)c(Br)c1. The fraction of sp³-hybridized carbons (Fsp3) is 0.222. The van der Waals surface area contributed by atoms with Crippen molar-refractivity contribution in [1.82, 2.24) is 5.43 Å². The molecule has 1 unspecified atom stereocenters. The second kappa shape index (κ2) is 9.27. The number of amides is 1. The van der Waals surface area contributed by atoms with Crippen LogP contribution in [-0.4, -0.2) is 31.5 Å². The number of nitrogens with one attached hydrogen (secondary N) is 1. The molecule has 0 heterocycles. The number of hydrogen-bond donors (Lipinski definition) is 1. The summed E-state index contributed by atoms with van der Waals surface area (Å²) in [7, 11) is 3.96. The Morgan fingerprint density at radius 3 is 2.56 bits per heavy atom. The number of hydrazone groups is 1. The van der Waals surface area contributed by atoms with Gasteiger partial charge in [-0.3, -0.25) is 4.79 Å². The Balaban J connectivity index is 1.91. The third-order valence-corrected chi connectivity index (χ3v) is 5.34. The van der Waals surface area contributed by atoms with Gasteiger partial charge in [-0.15, -0.1) is 11.8 Å². The second-order valence-electron chi connectivity index (χ2n) is 5.55. The first-order valence-corrected chi connectivity index (χ1v) is 9.64. The van der Waals surface area contributed by atoms with E-state index in [0.717, 1.165) is 20.6 Å². The van der Waals surface area contributed by atoms with Crippen molar-refractivity contribution < 1.29 is 4.79 Å². The van der Waals surface area contributed by atoms with Crippen LogP contribution < -0.4 is 10.3 Å². The van der Waals surface area contributed by atoms with Crippen LogP contribution in [0, 0.1) is 0 Å². The predicted octanol–water partition coefficient (Wildman–Crippen LogP) is 4.80. The Hall–Kier alpha value is -1.50. The van der Waals surface area contributed by atoms with Gasteiger partial charge in [0.1, 0.15) is 0 Å². The van der Waals surface area contributed by atoms with E-state index in [1.807, 2.05) is 68.4 Å². The first-order valence-electron chi connectivity index (χ1n) is 7.59. The van der Waals surface area contributed by atoms with E-state index in [1.54, 1.807) is 6.21 Å². The molecule has 2 aromatic carbocycles. The average Bonchev–Trinajstić information content (AvgIpc) is 2.56. The van der Waals surface area contributed by atoms with Crippen molar-refractivity contribution in [3.8, 4) is 0 Å². The summed E-state index contributed by atoms with van der Waals surface area (Å²) in [4.78, 5) is 15.1. The highest BCUT2D eigenvalue weighted by atomic mass is 79.9. The summed E-state index contributed by atoms with van der Waals surface area (Å²) in [5, 5.41) is 4.46. The minimum absolute atomic E-state index is 0.153. The molecule has 0 aliphatic heterocycles. The lowest BCUT2D eigenvalue weighted by Crippen LogP contribution is -2.26. The molecule has 2 aromatic rings. The summed E-state index contributed by atoms with van der Waals surface area (Å²) in [6.07, 6.45) is 1.63. The smallest absolute Gasteiger partial charge is 0.253 e. The molecule has 0 radical (unpaired) electrons. The van der Waals surface area contributed by atoms with Crippen LogP contribution in [0.3, 0.4) is 0 Å². The van der Waals surface area contributed by atoms with Crippen molar-refractivity contribution in [1.29, 1.82) is 0 Å². The molecular weight excluding hydrogens is 422 g/mol. The molecule has 1 atom stereocenters. The molecule has 0 aliphatic carbocycles. The molecule has 0 spiro atoms. The van der Waals surface area contributed by atoms with Crippen LogP contribution in [0.1, 0.15) is 12.5 Å². The summed E-state index contributed by atoms with van der Waals surface area (Å²) >= 11 is 10.8. The van der Waals surface area contributed by atoms with Crippen LogP contribution in [0.2, 0.25) is 5.02 Å². The molecule has 0 saturated carbocycles. The number of thioether (sulfide) groups is 1. The number of anilines is 1. The summed E-state index contributed by atoms with van der Waals surface area (Å²) in [6, 6.07) is 13.3. The van der Waals surface area contributed by atoms with Crippen LogP contribution in [0.5, 0.6) is 0 Å². The number of halogens is 2. The lowest BCUT2D eigenvalue weighted by molar-refractivity contribution is -0.120. The Morgan fingerprint density at radius 2 is 1.96 bits per heavy atom. The van der Waals surface area contributed by atoms with E-state index in [4.69, 9.17) is 11.6 Å². The summed E-state index contributed by atoms with van der Waals surface area (Å²) in [5.74, 6) is -0.153. The molecule has 0 aromatic heterocycles. The molecule has 132 valence electrons. The number of benzene rings is 2. The molecule has 25 heavy (non-hydrogen) atoms. The minimum Gasteiger partial charge on any atom is -0.377 e. The maximum atomic E-state index is 12.1. The van der Waals surface area contributed by atoms with Crippen molar-refractivity contribution in [3.05, 3.63) is 57.5 Å². The first kappa shape index (κ1) is 19.8. The van der Waals surface area contributed by atoms with Crippen molar-refractivity contribution >= 4 is 57.1 Å². The summed E-state index contributed by atoms with van der Waals surface area (Å²) < 4.78 is 0.972. The van der Waals surface area contributed by atoms with E-state index >= 15 is 0 Å². The van der Waals surface area contributed by atoms with Crippen LogP contribution in [0.25, 0.3) is 0 Å². The largest absolute Gasteiger partial charge is 0.377 e. The third kappa shape index (κ3) is 6.06. The van der Waals surface area contributed by atoms with Gasteiger partial charge in [-0.1, -0.05) is 17.7 Å². The Kier molecular flexibility index (Phi) is 7.35. The maximum Gasteiger partial charge on any atom is 0.253 e. The maximum absolute atomic E-state index is 12.1. The fourth-order valence-electron chi connectivity index (χ4n) is 2.00. The zero-order valence-corrected chi connectivity index (χ0v) is 17.3. The topological polar surface area (TPSA) is 44.7 Å². The zero-order chi connectivity index (χ0) is 18.4. The van der Waals surface area contributed by atoms with Crippen LogP contribution in [-0.2, 0) is 4.79 Å².